The van der Waals surface area contributed by atoms with E-state index in [2.05, 4.69) is 64.5 Å². The number of hydrogen-bond donors (Lipinski definition) is 0. The van der Waals surface area contributed by atoms with Crippen molar-refractivity contribution in [2.75, 3.05) is 49.1 Å². The fourth-order valence-electron chi connectivity index (χ4n) is 5.88. The van der Waals surface area contributed by atoms with Gasteiger partial charge in [-0.25, -0.2) is 6.57 Å². The molecule has 8 heteroatoms. The summed E-state index contributed by atoms with van der Waals surface area (Å²) in [5.74, 6) is 1.36. The van der Waals surface area contributed by atoms with Crippen molar-refractivity contribution in [2.24, 2.45) is 5.92 Å². The minimum atomic E-state index is -0.207. The number of aromatic nitrogens is 2. The molecule has 0 unspecified atom stereocenters. The third-order valence-corrected chi connectivity index (χ3v) is 8.14. The second kappa shape index (κ2) is 10.6. The molecule has 0 spiro atoms. The smallest absolute Gasteiger partial charge is 0.318 e. The van der Waals surface area contributed by atoms with Gasteiger partial charge in [-0.05, 0) is 55.2 Å². The van der Waals surface area contributed by atoms with Crippen LogP contribution in [0.15, 0.2) is 49.1 Å². The number of fused-ring (bicyclic) bond motifs is 2. The molecule has 1 amide bonds. The van der Waals surface area contributed by atoms with Gasteiger partial charge in [-0.15, -0.1) is 0 Å². The van der Waals surface area contributed by atoms with Crippen LogP contribution in [0.3, 0.4) is 0 Å². The SMILES string of the molecule is [C-]#[N+]C[C@H]1CN(c2nc(OCC3CC3)nc3c2CCN(c2cccc4cccc(C)c24)C3)CCN1C(=O)C=C. The van der Waals surface area contributed by atoms with Gasteiger partial charge < -0.3 is 24.3 Å². The lowest BCUT2D eigenvalue weighted by Crippen LogP contribution is -2.56. The second-order valence-corrected chi connectivity index (χ2v) is 10.8. The van der Waals surface area contributed by atoms with E-state index < -0.39 is 0 Å². The number of piperazine rings is 1. The maximum atomic E-state index is 12.5. The van der Waals surface area contributed by atoms with E-state index in [4.69, 9.17) is 21.3 Å². The van der Waals surface area contributed by atoms with Crippen molar-refractivity contribution in [1.82, 2.24) is 14.9 Å². The normalized spacial score (nSPS) is 19.0. The van der Waals surface area contributed by atoms with Crippen LogP contribution in [-0.4, -0.2) is 66.1 Å². The number of benzene rings is 2. The highest BCUT2D eigenvalue weighted by Crippen LogP contribution is 2.36. The molecule has 0 radical (unpaired) electrons. The van der Waals surface area contributed by atoms with Gasteiger partial charge in [0.2, 0.25) is 12.5 Å². The van der Waals surface area contributed by atoms with Crippen LogP contribution in [0.25, 0.3) is 15.6 Å². The van der Waals surface area contributed by atoms with Gasteiger partial charge in [0.05, 0.1) is 18.8 Å². The highest BCUT2D eigenvalue weighted by Gasteiger charge is 2.35. The lowest BCUT2D eigenvalue weighted by Gasteiger charge is -2.41. The van der Waals surface area contributed by atoms with Crippen LogP contribution in [0.2, 0.25) is 0 Å². The first-order valence-electron chi connectivity index (χ1n) is 13.8. The number of hydrogen-bond acceptors (Lipinski definition) is 6. The summed E-state index contributed by atoms with van der Waals surface area (Å²) in [5.41, 5.74) is 4.63. The molecule has 3 heterocycles. The van der Waals surface area contributed by atoms with E-state index in [-0.39, 0.29) is 18.5 Å². The van der Waals surface area contributed by atoms with Crippen molar-refractivity contribution in [3.05, 3.63) is 77.3 Å². The summed E-state index contributed by atoms with van der Waals surface area (Å²) in [7, 11) is 0. The van der Waals surface area contributed by atoms with Crippen LogP contribution in [0.4, 0.5) is 11.5 Å². The molecule has 1 aliphatic carbocycles. The van der Waals surface area contributed by atoms with Gasteiger partial charge in [0.25, 0.3) is 0 Å². The molecule has 39 heavy (non-hydrogen) atoms. The quantitative estimate of drug-likeness (QED) is 0.338. The predicted molar refractivity (Wildman–Crippen MR) is 153 cm³/mol. The third-order valence-electron chi connectivity index (χ3n) is 8.14. The molecule has 0 bridgehead atoms. The van der Waals surface area contributed by atoms with E-state index in [9.17, 15) is 4.79 Å². The molecule has 1 saturated carbocycles. The first kappa shape index (κ1) is 25.2. The molecule has 2 aromatic carbocycles. The first-order chi connectivity index (χ1) is 19.1. The molecule has 3 aliphatic rings. The summed E-state index contributed by atoms with van der Waals surface area (Å²) < 4.78 is 6.12. The molecular formula is C31H34N6O2. The summed E-state index contributed by atoms with van der Waals surface area (Å²) in [6.45, 7) is 17.4. The fraction of sp³-hybridized carbons (Fsp3) is 0.419. The molecule has 2 fully saturated rings. The van der Waals surface area contributed by atoms with Gasteiger partial charge >= 0.3 is 6.01 Å². The zero-order valence-electron chi connectivity index (χ0n) is 22.5. The number of anilines is 2. The summed E-state index contributed by atoms with van der Waals surface area (Å²) in [6, 6.07) is 13.2. The van der Waals surface area contributed by atoms with Gasteiger partial charge in [-0.2, -0.15) is 9.97 Å². The molecule has 2 aliphatic heterocycles. The van der Waals surface area contributed by atoms with Crippen molar-refractivity contribution >= 4 is 28.2 Å². The van der Waals surface area contributed by atoms with E-state index in [1.165, 1.54) is 40.9 Å². The zero-order chi connectivity index (χ0) is 26.9. The minimum absolute atomic E-state index is 0.123. The molecule has 6 rings (SSSR count). The Morgan fingerprint density at radius 1 is 1.15 bits per heavy atom. The van der Waals surface area contributed by atoms with E-state index in [0.29, 0.717) is 44.7 Å². The van der Waals surface area contributed by atoms with Crippen molar-refractivity contribution in [3.8, 4) is 6.01 Å². The van der Waals surface area contributed by atoms with Gasteiger partial charge in [0.1, 0.15) is 11.9 Å². The largest absolute Gasteiger partial charge is 0.463 e. The minimum Gasteiger partial charge on any atom is -0.463 e. The summed E-state index contributed by atoms with van der Waals surface area (Å²) >= 11 is 0. The Kier molecular flexibility index (Phi) is 6.82. The maximum absolute atomic E-state index is 12.5. The Bertz CT molecular complexity index is 1450. The average molecular weight is 523 g/mol. The number of ether oxygens (including phenoxy) is 1. The highest BCUT2D eigenvalue weighted by molar-refractivity contribution is 5.97. The van der Waals surface area contributed by atoms with Crippen LogP contribution in [-0.2, 0) is 17.8 Å². The summed E-state index contributed by atoms with van der Waals surface area (Å²) in [5, 5.41) is 2.53. The van der Waals surface area contributed by atoms with E-state index in [1.54, 1.807) is 4.90 Å². The standard InChI is InChI=1S/C31H34N6O2/c1-4-28(38)37-16-15-36(18-24(37)17-32-3)30-25-13-14-35(19-26(25)33-31(34-30)39-20-22-11-12-22)27-10-6-9-23-8-5-7-21(2)29(23)27/h4-10,22,24H,1,11-20H2,2H3/t24-/m0/s1. The molecule has 0 N–H and O–H groups in total. The second-order valence-electron chi connectivity index (χ2n) is 10.8. The van der Waals surface area contributed by atoms with Crippen molar-refractivity contribution in [1.29, 1.82) is 0 Å². The molecule has 1 aromatic heterocycles. The van der Waals surface area contributed by atoms with Crippen molar-refractivity contribution in [3.63, 3.8) is 0 Å². The van der Waals surface area contributed by atoms with Crippen LogP contribution in [0.1, 0.15) is 29.7 Å². The fourth-order valence-corrected chi connectivity index (χ4v) is 5.88. The van der Waals surface area contributed by atoms with Crippen molar-refractivity contribution in [2.45, 2.75) is 38.8 Å². The molecule has 1 saturated heterocycles. The Hall–Kier alpha value is -4.12. The van der Waals surface area contributed by atoms with E-state index in [1.807, 2.05) is 0 Å². The van der Waals surface area contributed by atoms with Crippen molar-refractivity contribution < 1.29 is 9.53 Å². The number of amides is 1. The van der Waals surface area contributed by atoms with Crippen LogP contribution in [0.5, 0.6) is 6.01 Å². The zero-order valence-corrected chi connectivity index (χ0v) is 22.5. The Labute approximate surface area is 229 Å². The monoisotopic (exact) mass is 522 g/mol. The van der Waals surface area contributed by atoms with Gasteiger partial charge in [0, 0.05) is 42.8 Å². The maximum Gasteiger partial charge on any atom is 0.318 e. The topological polar surface area (TPSA) is 66.2 Å². The predicted octanol–water partition coefficient (Wildman–Crippen LogP) is 4.41. The molecule has 8 nitrogen and oxygen atoms in total. The lowest BCUT2D eigenvalue weighted by molar-refractivity contribution is -0.128. The van der Waals surface area contributed by atoms with Crippen LogP contribution < -0.4 is 14.5 Å². The molecule has 200 valence electrons. The lowest BCUT2D eigenvalue weighted by atomic mass is 9.99. The van der Waals surface area contributed by atoms with Gasteiger partial charge in [-0.1, -0.05) is 36.9 Å². The first-order valence-corrected chi connectivity index (χ1v) is 13.8. The van der Waals surface area contributed by atoms with E-state index >= 15 is 0 Å². The number of rotatable bonds is 7. The third kappa shape index (κ3) is 5.01. The Balaban J connectivity index is 1.34. The summed E-state index contributed by atoms with van der Waals surface area (Å²) in [6.07, 6.45) is 4.55. The van der Waals surface area contributed by atoms with E-state index in [0.717, 1.165) is 30.0 Å². The average Bonchev–Trinajstić information content (AvgIpc) is 3.80. The number of nitrogens with zero attached hydrogens (tertiary/aromatic N) is 6. The van der Waals surface area contributed by atoms with Crippen LogP contribution >= 0.6 is 0 Å². The number of aryl methyl sites for hydroxylation is 1. The molecule has 1 atom stereocenters. The molecule has 3 aromatic rings. The molecular weight excluding hydrogens is 488 g/mol. The Morgan fingerprint density at radius 3 is 2.74 bits per heavy atom. The summed E-state index contributed by atoms with van der Waals surface area (Å²) in [4.78, 5) is 32.4. The number of carbonyl (C=O) groups is 1. The van der Waals surface area contributed by atoms with Gasteiger partial charge in [0.15, 0.2) is 0 Å². The highest BCUT2D eigenvalue weighted by atomic mass is 16.5. The number of carbonyl (C=O) groups excluding carboxylic acids is 1. The van der Waals surface area contributed by atoms with Gasteiger partial charge in [-0.3, -0.25) is 4.79 Å². The van der Waals surface area contributed by atoms with Crippen LogP contribution in [0, 0.1) is 19.4 Å². The Morgan fingerprint density at radius 2 is 1.97 bits per heavy atom.